The van der Waals surface area contributed by atoms with E-state index in [1.807, 2.05) is 24.3 Å². The molecule has 2 heterocycles. The monoisotopic (exact) mass is 277 g/mol. The van der Waals surface area contributed by atoms with E-state index in [0.717, 1.165) is 31.0 Å². The van der Waals surface area contributed by atoms with Crippen molar-refractivity contribution < 1.29 is 4.52 Å². The summed E-state index contributed by atoms with van der Waals surface area (Å²) in [6.45, 7) is 2.14. The average molecular weight is 278 g/mol. The molecule has 3 rings (SSSR count). The maximum atomic E-state index is 5.87. The Kier molecular flexibility index (Phi) is 3.53. The molecule has 0 bridgehead atoms. The molecule has 19 heavy (non-hydrogen) atoms. The predicted molar refractivity (Wildman–Crippen MR) is 74.2 cm³/mol. The second-order valence-electron chi connectivity index (χ2n) is 5.06. The Morgan fingerprint density at radius 1 is 1.32 bits per heavy atom. The molecule has 0 aliphatic carbocycles. The van der Waals surface area contributed by atoms with Crippen LogP contribution in [-0.2, 0) is 0 Å². The molecule has 1 aromatic heterocycles. The zero-order valence-corrected chi connectivity index (χ0v) is 11.6. The van der Waals surface area contributed by atoms with Crippen LogP contribution in [0, 0.1) is 0 Å². The maximum absolute atomic E-state index is 5.87. The molecule has 1 aliphatic heterocycles. The summed E-state index contributed by atoms with van der Waals surface area (Å²) in [7, 11) is 2.13. The molecule has 1 aromatic carbocycles. The number of hydrogen-bond donors (Lipinski definition) is 0. The Morgan fingerprint density at radius 3 is 2.84 bits per heavy atom. The normalized spacial score (nSPS) is 20.6. The fraction of sp³-hybridized carbons (Fsp3) is 0.429. The van der Waals surface area contributed by atoms with Crippen LogP contribution in [0.1, 0.15) is 24.7 Å². The van der Waals surface area contributed by atoms with E-state index in [9.17, 15) is 0 Å². The number of benzene rings is 1. The van der Waals surface area contributed by atoms with Crippen LogP contribution in [0.15, 0.2) is 28.8 Å². The zero-order valence-electron chi connectivity index (χ0n) is 10.8. The molecule has 1 unspecified atom stereocenters. The summed E-state index contributed by atoms with van der Waals surface area (Å²) in [5.41, 5.74) is 0.934. The Morgan fingerprint density at radius 2 is 2.11 bits per heavy atom. The number of hydrogen-bond acceptors (Lipinski definition) is 4. The fourth-order valence-corrected chi connectivity index (χ4v) is 2.61. The molecule has 1 atom stereocenters. The smallest absolute Gasteiger partial charge is 0.231 e. The third-order valence-corrected chi connectivity index (χ3v) is 3.77. The van der Waals surface area contributed by atoms with Gasteiger partial charge >= 0.3 is 0 Å². The summed E-state index contributed by atoms with van der Waals surface area (Å²) < 4.78 is 5.42. The van der Waals surface area contributed by atoms with E-state index in [2.05, 4.69) is 22.1 Å². The van der Waals surface area contributed by atoms with E-state index in [0.29, 0.717) is 16.8 Å². The minimum atomic E-state index is 0.354. The molecule has 0 radical (unpaired) electrons. The van der Waals surface area contributed by atoms with Crippen LogP contribution < -0.4 is 0 Å². The Balaban J connectivity index is 1.81. The first-order valence-electron chi connectivity index (χ1n) is 6.50. The highest BCUT2D eigenvalue weighted by molar-refractivity contribution is 6.30. The first kappa shape index (κ1) is 12.6. The summed E-state index contributed by atoms with van der Waals surface area (Å²) in [6.07, 6.45) is 2.30. The van der Waals surface area contributed by atoms with Crippen molar-refractivity contribution in [1.82, 2.24) is 15.0 Å². The van der Waals surface area contributed by atoms with Crippen molar-refractivity contribution in [2.24, 2.45) is 0 Å². The minimum Gasteiger partial charge on any atom is -0.339 e. The maximum Gasteiger partial charge on any atom is 0.231 e. The standard InChI is InChI=1S/C14H16ClN3O/c1-18-8-2-3-11(9-18)14-16-13(17-19-14)10-4-6-12(15)7-5-10/h4-7,11H,2-3,8-9H2,1H3. The third-order valence-electron chi connectivity index (χ3n) is 3.52. The molecular weight excluding hydrogens is 262 g/mol. The van der Waals surface area contributed by atoms with Gasteiger partial charge in [0, 0.05) is 17.1 Å². The number of likely N-dealkylation sites (N-methyl/N-ethyl adjacent to an activating group) is 1. The van der Waals surface area contributed by atoms with Crippen LogP contribution in [0.5, 0.6) is 0 Å². The van der Waals surface area contributed by atoms with Gasteiger partial charge in [-0.25, -0.2) is 0 Å². The molecule has 0 N–H and O–H groups in total. The Labute approximate surface area is 117 Å². The van der Waals surface area contributed by atoms with E-state index in [1.165, 1.54) is 6.42 Å². The topological polar surface area (TPSA) is 42.2 Å². The lowest BCUT2D eigenvalue weighted by molar-refractivity contribution is 0.220. The van der Waals surface area contributed by atoms with Gasteiger partial charge in [-0.15, -0.1) is 0 Å². The van der Waals surface area contributed by atoms with Crippen molar-refractivity contribution in [3.05, 3.63) is 35.2 Å². The van der Waals surface area contributed by atoms with Crippen molar-refractivity contribution >= 4 is 11.6 Å². The molecule has 0 saturated carbocycles. The largest absolute Gasteiger partial charge is 0.339 e. The van der Waals surface area contributed by atoms with E-state index in [1.54, 1.807) is 0 Å². The summed E-state index contributed by atoms with van der Waals surface area (Å²) in [5, 5.41) is 4.78. The number of aromatic nitrogens is 2. The highest BCUT2D eigenvalue weighted by Crippen LogP contribution is 2.27. The van der Waals surface area contributed by atoms with Crippen molar-refractivity contribution in [3.63, 3.8) is 0 Å². The van der Waals surface area contributed by atoms with Gasteiger partial charge in [0.2, 0.25) is 11.7 Å². The number of rotatable bonds is 2. The Bertz CT molecular complexity index is 552. The van der Waals surface area contributed by atoms with Crippen LogP contribution in [0.25, 0.3) is 11.4 Å². The molecule has 0 spiro atoms. The van der Waals surface area contributed by atoms with E-state index < -0.39 is 0 Å². The van der Waals surface area contributed by atoms with Crippen molar-refractivity contribution in [3.8, 4) is 11.4 Å². The summed E-state index contributed by atoms with van der Waals surface area (Å²) in [6, 6.07) is 7.48. The van der Waals surface area contributed by atoms with Gasteiger partial charge in [0.05, 0.1) is 5.92 Å². The van der Waals surface area contributed by atoms with Crippen LogP contribution >= 0.6 is 11.6 Å². The van der Waals surface area contributed by atoms with Gasteiger partial charge in [-0.05, 0) is 50.7 Å². The lowest BCUT2D eigenvalue weighted by atomic mass is 9.98. The second-order valence-corrected chi connectivity index (χ2v) is 5.50. The van der Waals surface area contributed by atoms with E-state index in [-0.39, 0.29) is 0 Å². The fourth-order valence-electron chi connectivity index (χ4n) is 2.49. The first-order valence-corrected chi connectivity index (χ1v) is 6.88. The molecule has 1 saturated heterocycles. The number of likely N-dealkylation sites (tertiary alicyclic amines) is 1. The number of piperidine rings is 1. The minimum absolute atomic E-state index is 0.354. The van der Waals surface area contributed by atoms with E-state index in [4.69, 9.17) is 16.1 Å². The van der Waals surface area contributed by atoms with Gasteiger partial charge in [-0.1, -0.05) is 16.8 Å². The van der Waals surface area contributed by atoms with Crippen molar-refractivity contribution in [2.75, 3.05) is 20.1 Å². The molecule has 1 fully saturated rings. The van der Waals surface area contributed by atoms with E-state index >= 15 is 0 Å². The zero-order chi connectivity index (χ0) is 13.2. The van der Waals surface area contributed by atoms with Crippen LogP contribution in [0.4, 0.5) is 0 Å². The predicted octanol–water partition coefficient (Wildman–Crippen LogP) is 3.20. The number of nitrogens with zero attached hydrogens (tertiary/aromatic N) is 3. The molecule has 2 aromatic rings. The van der Waals surface area contributed by atoms with Crippen molar-refractivity contribution in [1.29, 1.82) is 0 Å². The van der Waals surface area contributed by atoms with Gasteiger partial charge in [-0.2, -0.15) is 4.98 Å². The third kappa shape index (κ3) is 2.80. The molecular formula is C14H16ClN3O. The molecule has 1 aliphatic rings. The van der Waals surface area contributed by atoms with Crippen LogP contribution in [0.3, 0.4) is 0 Å². The molecule has 4 nitrogen and oxygen atoms in total. The Hall–Kier alpha value is -1.39. The van der Waals surface area contributed by atoms with Crippen molar-refractivity contribution in [2.45, 2.75) is 18.8 Å². The average Bonchev–Trinajstić information content (AvgIpc) is 2.89. The second kappa shape index (κ2) is 5.31. The van der Waals surface area contributed by atoms with Gasteiger partial charge in [0.1, 0.15) is 0 Å². The van der Waals surface area contributed by atoms with Gasteiger partial charge in [-0.3, -0.25) is 0 Å². The summed E-state index contributed by atoms with van der Waals surface area (Å²) in [4.78, 5) is 6.83. The van der Waals surface area contributed by atoms with Crippen LogP contribution in [-0.4, -0.2) is 35.2 Å². The van der Waals surface area contributed by atoms with Gasteiger partial charge in [0.15, 0.2) is 0 Å². The molecule has 0 amide bonds. The first-order chi connectivity index (χ1) is 9.22. The summed E-state index contributed by atoms with van der Waals surface area (Å²) >= 11 is 5.87. The van der Waals surface area contributed by atoms with Gasteiger partial charge in [0.25, 0.3) is 0 Å². The highest BCUT2D eigenvalue weighted by Gasteiger charge is 2.24. The number of halogens is 1. The summed E-state index contributed by atoms with van der Waals surface area (Å²) in [5.74, 6) is 1.74. The lowest BCUT2D eigenvalue weighted by Crippen LogP contribution is -2.30. The quantitative estimate of drug-likeness (QED) is 0.845. The lowest BCUT2D eigenvalue weighted by Gasteiger charge is -2.27. The molecule has 5 heteroatoms. The SMILES string of the molecule is CN1CCCC(c2nc(-c3ccc(Cl)cc3)no2)C1. The van der Waals surface area contributed by atoms with Crippen LogP contribution in [0.2, 0.25) is 5.02 Å². The highest BCUT2D eigenvalue weighted by atomic mass is 35.5. The van der Waals surface area contributed by atoms with Gasteiger partial charge < -0.3 is 9.42 Å². The molecule has 100 valence electrons.